The Morgan fingerprint density at radius 3 is 2.86 bits per heavy atom. The average Bonchev–Trinajstić information content (AvgIpc) is 2.02. The minimum Gasteiger partial charge on any atom is -0.481 e. The fourth-order valence-electron chi connectivity index (χ4n) is 1.31. The number of anilines is 1. The predicted molar refractivity (Wildman–Crippen MR) is 52.4 cm³/mol. The predicted octanol–water partition coefficient (Wildman–Crippen LogP) is 0.312. The molecule has 0 aromatic carbocycles. The van der Waals surface area contributed by atoms with Crippen LogP contribution in [0.1, 0.15) is 18.9 Å². The van der Waals surface area contributed by atoms with Gasteiger partial charge in [0, 0.05) is 11.8 Å². The first kappa shape index (κ1) is 10.5. The summed E-state index contributed by atoms with van der Waals surface area (Å²) in [4.78, 5) is 14.4. The molecule has 0 bridgehead atoms. The number of aliphatic carboxylic acids is 1. The summed E-state index contributed by atoms with van der Waals surface area (Å²) in [5, 5.41) is 8.66. The molecule has 0 amide bonds. The van der Waals surface area contributed by atoms with Crippen LogP contribution in [0, 0.1) is 0 Å². The first-order valence-corrected chi connectivity index (χ1v) is 4.15. The molecule has 0 aliphatic carbocycles. The average molecular weight is 195 g/mol. The molecule has 1 atom stereocenters. The molecule has 0 aliphatic heterocycles. The zero-order chi connectivity index (χ0) is 10.8. The van der Waals surface area contributed by atoms with Gasteiger partial charge in [-0.05, 0) is 13.0 Å². The molecule has 76 valence electrons. The minimum atomic E-state index is -0.982. The molecule has 0 spiro atoms. The molecule has 1 aromatic heterocycles. The quantitative estimate of drug-likeness (QED) is 0.644. The molecule has 0 radical (unpaired) electrons. The molecule has 1 rings (SSSR count). The van der Waals surface area contributed by atoms with Crippen molar-refractivity contribution in [1.82, 2.24) is 4.98 Å². The molecule has 1 aromatic rings. The van der Waals surface area contributed by atoms with Gasteiger partial charge in [-0.25, -0.2) is 4.98 Å². The van der Waals surface area contributed by atoms with E-state index in [2.05, 4.69) is 4.98 Å². The van der Waals surface area contributed by atoms with Gasteiger partial charge in [-0.3, -0.25) is 4.79 Å². The van der Waals surface area contributed by atoms with Crippen molar-refractivity contribution in [3.05, 3.63) is 23.9 Å². The number of carboxylic acid groups (broad SMARTS) is 1. The third-order valence-corrected chi connectivity index (χ3v) is 1.97. The number of aromatic nitrogens is 1. The van der Waals surface area contributed by atoms with Crippen molar-refractivity contribution in [1.29, 1.82) is 0 Å². The first-order chi connectivity index (χ1) is 6.43. The number of nitrogens with zero attached hydrogens (tertiary/aromatic N) is 1. The lowest BCUT2D eigenvalue weighted by atomic mass is 9.90. The van der Waals surface area contributed by atoms with Gasteiger partial charge in [-0.15, -0.1) is 0 Å². The second kappa shape index (κ2) is 3.63. The van der Waals surface area contributed by atoms with E-state index in [0.717, 1.165) is 0 Å². The Balaban J connectivity index is 3.03. The Labute approximate surface area is 81.7 Å². The highest BCUT2D eigenvalue weighted by molar-refractivity contribution is 5.69. The number of carbonyl (C=O) groups is 1. The maximum atomic E-state index is 10.6. The van der Waals surface area contributed by atoms with Gasteiger partial charge in [-0.2, -0.15) is 0 Å². The normalized spacial score (nSPS) is 14.7. The lowest BCUT2D eigenvalue weighted by Gasteiger charge is -2.23. The van der Waals surface area contributed by atoms with E-state index in [-0.39, 0.29) is 12.2 Å². The molecule has 14 heavy (non-hydrogen) atoms. The number of nitrogens with two attached hydrogens (primary N) is 2. The Hall–Kier alpha value is -1.62. The van der Waals surface area contributed by atoms with Crippen molar-refractivity contribution >= 4 is 11.8 Å². The van der Waals surface area contributed by atoms with Crippen LogP contribution in [-0.4, -0.2) is 16.1 Å². The summed E-state index contributed by atoms with van der Waals surface area (Å²) >= 11 is 0. The minimum absolute atomic E-state index is 0.178. The van der Waals surface area contributed by atoms with Crippen LogP contribution in [0.2, 0.25) is 0 Å². The maximum absolute atomic E-state index is 10.6. The number of pyridine rings is 1. The lowest BCUT2D eigenvalue weighted by Crippen LogP contribution is -2.36. The van der Waals surface area contributed by atoms with Crippen molar-refractivity contribution in [2.75, 3.05) is 5.73 Å². The zero-order valence-electron chi connectivity index (χ0n) is 7.90. The number of nitrogen functional groups attached to an aromatic ring is 1. The molecule has 5 heteroatoms. The van der Waals surface area contributed by atoms with Crippen molar-refractivity contribution in [2.45, 2.75) is 18.9 Å². The zero-order valence-corrected chi connectivity index (χ0v) is 7.90. The maximum Gasteiger partial charge on any atom is 0.305 e. The van der Waals surface area contributed by atoms with E-state index >= 15 is 0 Å². The summed E-state index contributed by atoms with van der Waals surface area (Å²) in [6, 6.07) is 3.37. The second-order valence-electron chi connectivity index (χ2n) is 3.42. The summed E-state index contributed by atoms with van der Waals surface area (Å²) < 4.78 is 0. The monoisotopic (exact) mass is 195 g/mol. The molecule has 0 aliphatic rings. The molecular weight excluding hydrogens is 182 g/mol. The van der Waals surface area contributed by atoms with Gasteiger partial charge >= 0.3 is 5.97 Å². The van der Waals surface area contributed by atoms with Crippen molar-refractivity contribution in [3.8, 4) is 0 Å². The third kappa shape index (κ3) is 2.20. The highest BCUT2D eigenvalue weighted by Gasteiger charge is 2.26. The van der Waals surface area contributed by atoms with Gasteiger partial charge in [0.2, 0.25) is 0 Å². The van der Waals surface area contributed by atoms with E-state index in [9.17, 15) is 4.79 Å². The molecular formula is C9H13N3O2. The largest absolute Gasteiger partial charge is 0.481 e. The summed E-state index contributed by atoms with van der Waals surface area (Å²) in [6.07, 6.45) is 1.36. The van der Waals surface area contributed by atoms with Gasteiger partial charge in [0.05, 0.1) is 12.0 Å². The van der Waals surface area contributed by atoms with Gasteiger partial charge in [0.1, 0.15) is 5.82 Å². The van der Waals surface area contributed by atoms with Crippen molar-refractivity contribution in [3.63, 3.8) is 0 Å². The Kier molecular flexibility index (Phi) is 2.71. The standard InChI is InChI=1S/C9H13N3O2/c1-9(11,5-7(13)14)6-3-2-4-12-8(6)10/h2-4H,5,11H2,1H3,(H2,10,12)(H,13,14). The molecule has 5 N–H and O–H groups in total. The third-order valence-electron chi connectivity index (χ3n) is 1.97. The number of carboxylic acids is 1. The second-order valence-corrected chi connectivity index (χ2v) is 3.42. The van der Waals surface area contributed by atoms with Crippen LogP contribution in [-0.2, 0) is 10.3 Å². The number of rotatable bonds is 3. The summed E-state index contributed by atoms with van der Waals surface area (Å²) in [6.45, 7) is 1.62. The summed E-state index contributed by atoms with van der Waals surface area (Å²) in [7, 11) is 0. The van der Waals surface area contributed by atoms with Gasteiger partial charge in [0.15, 0.2) is 0 Å². The van der Waals surface area contributed by atoms with Crippen LogP contribution < -0.4 is 11.5 Å². The number of hydrogen-bond donors (Lipinski definition) is 3. The molecule has 1 unspecified atom stereocenters. The highest BCUT2D eigenvalue weighted by Crippen LogP contribution is 2.24. The number of hydrogen-bond acceptors (Lipinski definition) is 4. The smallest absolute Gasteiger partial charge is 0.305 e. The van der Waals surface area contributed by atoms with Crippen molar-refractivity contribution in [2.24, 2.45) is 5.73 Å². The Morgan fingerprint density at radius 2 is 2.36 bits per heavy atom. The van der Waals surface area contributed by atoms with Gasteiger partial charge in [-0.1, -0.05) is 6.07 Å². The highest BCUT2D eigenvalue weighted by atomic mass is 16.4. The van der Waals surface area contributed by atoms with E-state index in [4.69, 9.17) is 16.6 Å². The summed E-state index contributed by atoms with van der Waals surface area (Å²) in [5.41, 5.74) is 11.0. The molecule has 0 fully saturated rings. The van der Waals surface area contributed by atoms with E-state index < -0.39 is 11.5 Å². The topological polar surface area (TPSA) is 102 Å². The van der Waals surface area contributed by atoms with E-state index in [1.807, 2.05) is 0 Å². The SMILES string of the molecule is CC(N)(CC(=O)O)c1cccnc1N. The van der Waals surface area contributed by atoms with Gasteiger partial charge in [0.25, 0.3) is 0 Å². The fourth-order valence-corrected chi connectivity index (χ4v) is 1.31. The van der Waals surface area contributed by atoms with Crippen LogP contribution in [0.3, 0.4) is 0 Å². The molecule has 1 heterocycles. The first-order valence-electron chi connectivity index (χ1n) is 4.15. The van der Waals surface area contributed by atoms with Crippen LogP contribution in [0.15, 0.2) is 18.3 Å². The van der Waals surface area contributed by atoms with E-state index in [1.54, 1.807) is 19.1 Å². The molecule has 0 saturated heterocycles. The van der Waals surface area contributed by atoms with Crippen LogP contribution in [0.5, 0.6) is 0 Å². The molecule has 5 nitrogen and oxygen atoms in total. The molecule has 0 saturated carbocycles. The Bertz CT molecular complexity index is 350. The van der Waals surface area contributed by atoms with Crippen LogP contribution in [0.4, 0.5) is 5.82 Å². The Morgan fingerprint density at radius 1 is 1.71 bits per heavy atom. The van der Waals surface area contributed by atoms with E-state index in [1.165, 1.54) is 6.20 Å². The fraction of sp³-hybridized carbons (Fsp3) is 0.333. The van der Waals surface area contributed by atoms with E-state index in [0.29, 0.717) is 5.56 Å². The lowest BCUT2D eigenvalue weighted by molar-refractivity contribution is -0.138. The van der Waals surface area contributed by atoms with Crippen molar-refractivity contribution < 1.29 is 9.90 Å². The van der Waals surface area contributed by atoms with Crippen LogP contribution in [0.25, 0.3) is 0 Å². The van der Waals surface area contributed by atoms with Gasteiger partial charge < -0.3 is 16.6 Å². The summed E-state index contributed by atoms with van der Waals surface area (Å²) in [5.74, 6) is -0.683. The van der Waals surface area contributed by atoms with Crippen LogP contribution >= 0.6 is 0 Å².